The third-order valence-corrected chi connectivity index (χ3v) is 6.31. The second-order valence-corrected chi connectivity index (χ2v) is 8.83. The number of hydrogen-bond donors (Lipinski definition) is 1. The Hall–Kier alpha value is -4.85. The number of methoxy groups -OCH3 is 1. The summed E-state index contributed by atoms with van der Waals surface area (Å²) in [6, 6.07) is 27.9. The van der Waals surface area contributed by atoms with Crippen molar-refractivity contribution in [2.45, 2.75) is 6.42 Å². The van der Waals surface area contributed by atoms with Crippen LogP contribution in [0.5, 0.6) is 17.2 Å². The van der Waals surface area contributed by atoms with Crippen molar-refractivity contribution < 1.29 is 28.6 Å². The molecular weight excluding hydrogens is 484 g/mol. The molecule has 0 unspecified atom stereocenters. The highest BCUT2D eigenvalue weighted by Crippen LogP contribution is 2.32. The van der Waals surface area contributed by atoms with Crippen molar-refractivity contribution in [3.63, 3.8) is 0 Å². The van der Waals surface area contributed by atoms with E-state index in [1.165, 1.54) is 7.11 Å². The highest BCUT2D eigenvalue weighted by molar-refractivity contribution is 6.00. The number of nitrogens with zero attached hydrogens (tertiary/aromatic N) is 1. The van der Waals surface area contributed by atoms with Crippen LogP contribution in [0, 0.1) is 5.92 Å². The van der Waals surface area contributed by atoms with Crippen LogP contribution >= 0.6 is 0 Å². The summed E-state index contributed by atoms with van der Waals surface area (Å²) in [7, 11) is 1.50. The van der Waals surface area contributed by atoms with Gasteiger partial charge in [0.25, 0.3) is 5.91 Å². The van der Waals surface area contributed by atoms with Gasteiger partial charge in [-0.25, -0.2) is 0 Å². The van der Waals surface area contributed by atoms with Crippen LogP contribution in [-0.2, 0) is 19.1 Å². The minimum atomic E-state index is -0.659. The predicted octanol–water partition coefficient (Wildman–Crippen LogP) is 5.18. The van der Waals surface area contributed by atoms with Gasteiger partial charge < -0.3 is 24.4 Å². The smallest absolute Gasteiger partial charge is 0.311 e. The molecule has 4 aromatic rings. The van der Waals surface area contributed by atoms with Crippen LogP contribution in [-0.4, -0.2) is 38.0 Å². The van der Waals surface area contributed by atoms with Crippen LogP contribution in [0.15, 0.2) is 91.0 Å². The number of carbonyl (C=O) groups is 3. The minimum absolute atomic E-state index is 0.0151. The largest absolute Gasteiger partial charge is 0.495 e. The fourth-order valence-corrected chi connectivity index (χ4v) is 4.41. The number of ether oxygens (including phenoxy) is 3. The average Bonchev–Trinajstić information content (AvgIpc) is 3.34. The molecule has 4 aromatic carbocycles. The third kappa shape index (κ3) is 5.44. The van der Waals surface area contributed by atoms with Gasteiger partial charge in [0, 0.05) is 24.0 Å². The van der Waals surface area contributed by atoms with Gasteiger partial charge in [-0.3, -0.25) is 14.4 Å². The Balaban J connectivity index is 1.17. The van der Waals surface area contributed by atoms with Crippen LogP contribution in [0.3, 0.4) is 0 Å². The lowest BCUT2D eigenvalue weighted by Gasteiger charge is -2.17. The van der Waals surface area contributed by atoms with Crippen LogP contribution in [0.1, 0.15) is 6.42 Å². The molecule has 0 radical (unpaired) electrons. The van der Waals surface area contributed by atoms with Crippen molar-refractivity contribution >= 4 is 39.9 Å². The first-order valence-electron chi connectivity index (χ1n) is 12.2. The Morgan fingerprint density at radius 1 is 0.895 bits per heavy atom. The molecule has 1 fully saturated rings. The predicted molar refractivity (Wildman–Crippen MR) is 144 cm³/mol. The molecule has 1 aliphatic rings. The van der Waals surface area contributed by atoms with Gasteiger partial charge in [0.15, 0.2) is 6.61 Å². The summed E-state index contributed by atoms with van der Waals surface area (Å²) in [5, 5.41) is 4.74. The summed E-state index contributed by atoms with van der Waals surface area (Å²) in [6.45, 7) is -0.281. The molecule has 192 valence electrons. The zero-order valence-electron chi connectivity index (χ0n) is 20.8. The third-order valence-electron chi connectivity index (χ3n) is 6.31. The number of carbonyl (C=O) groups excluding carboxylic acids is 3. The van der Waals surface area contributed by atoms with E-state index in [-0.39, 0.29) is 18.9 Å². The van der Waals surface area contributed by atoms with Gasteiger partial charge >= 0.3 is 5.97 Å². The first-order chi connectivity index (χ1) is 18.5. The lowest BCUT2D eigenvalue weighted by atomic mass is 10.1. The van der Waals surface area contributed by atoms with Crippen molar-refractivity contribution in [3.8, 4) is 17.2 Å². The Bertz CT molecular complexity index is 1480. The SMILES string of the molecule is COc1ccccc1NC(=O)COC(=O)[C@H]1CC(=O)N(c2ccc(Oc3cccc4ccccc34)cc2)C1. The highest BCUT2D eigenvalue weighted by Gasteiger charge is 2.36. The Morgan fingerprint density at radius 3 is 2.42 bits per heavy atom. The molecule has 8 nitrogen and oxygen atoms in total. The molecule has 5 rings (SSSR count). The van der Waals surface area contributed by atoms with Crippen molar-refractivity contribution in [3.05, 3.63) is 91.0 Å². The fourth-order valence-electron chi connectivity index (χ4n) is 4.41. The van der Waals surface area contributed by atoms with E-state index in [4.69, 9.17) is 14.2 Å². The zero-order valence-corrected chi connectivity index (χ0v) is 20.8. The average molecular weight is 511 g/mol. The quantitative estimate of drug-likeness (QED) is 0.329. The number of anilines is 2. The summed E-state index contributed by atoms with van der Waals surface area (Å²) in [4.78, 5) is 39.0. The summed E-state index contributed by atoms with van der Waals surface area (Å²) in [5.74, 6) is -0.0590. The number of benzene rings is 4. The number of rotatable bonds is 8. The van der Waals surface area contributed by atoms with Gasteiger partial charge in [0.05, 0.1) is 18.7 Å². The van der Waals surface area contributed by atoms with E-state index in [1.807, 2.05) is 42.5 Å². The van der Waals surface area contributed by atoms with Crippen molar-refractivity contribution in [1.29, 1.82) is 0 Å². The van der Waals surface area contributed by atoms with Gasteiger partial charge in [0.1, 0.15) is 17.2 Å². The molecule has 38 heavy (non-hydrogen) atoms. The van der Waals surface area contributed by atoms with Crippen molar-refractivity contribution in [2.24, 2.45) is 5.92 Å². The number of para-hydroxylation sites is 2. The van der Waals surface area contributed by atoms with Crippen LogP contribution in [0.25, 0.3) is 10.8 Å². The lowest BCUT2D eigenvalue weighted by molar-refractivity contribution is -0.151. The number of fused-ring (bicyclic) bond motifs is 1. The summed E-state index contributed by atoms with van der Waals surface area (Å²) >= 11 is 0. The summed E-state index contributed by atoms with van der Waals surface area (Å²) < 4.78 is 16.5. The monoisotopic (exact) mass is 510 g/mol. The normalized spacial score (nSPS) is 14.8. The molecule has 1 aliphatic heterocycles. The van der Waals surface area contributed by atoms with E-state index in [0.717, 1.165) is 16.5 Å². The molecule has 1 saturated heterocycles. The van der Waals surface area contributed by atoms with E-state index in [2.05, 4.69) is 5.32 Å². The Labute approximate surface area is 219 Å². The Morgan fingerprint density at radius 2 is 1.61 bits per heavy atom. The van der Waals surface area contributed by atoms with Crippen LogP contribution in [0.2, 0.25) is 0 Å². The lowest BCUT2D eigenvalue weighted by Crippen LogP contribution is -2.28. The first-order valence-corrected chi connectivity index (χ1v) is 12.2. The second-order valence-electron chi connectivity index (χ2n) is 8.83. The molecule has 0 aromatic heterocycles. The molecular formula is C30H26N2O6. The van der Waals surface area contributed by atoms with Gasteiger partial charge in [-0.1, -0.05) is 48.5 Å². The van der Waals surface area contributed by atoms with Gasteiger partial charge in [-0.2, -0.15) is 0 Å². The molecule has 0 bridgehead atoms. The molecule has 0 spiro atoms. The van der Waals surface area contributed by atoms with E-state index < -0.39 is 24.4 Å². The maximum absolute atomic E-state index is 12.7. The van der Waals surface area contributed by atoms with Crippen molar-refractivity contribution in [1.82, 2.24) is 0 Å². The van der Waals surface area contributed by atoms with E-state index >= 15 is 0 Å². The van der Waals surface area contributed by atoms with Gasteiger partial charge in [0.2, 0.25) is 5.91 Å². The standard InChI is InChI=1S/C30H26N2O6/c1-36-27-11-5-4-10-25(27)31-28(33)19-37-30(35)21-17-29(34)32(18-21)22-13-15-23(16-14-22)38-26-12-6-8-20-7-2-3-9-24(20)26/h2-16,21H,17-19H2,1H3,(H,31,33)/t21-/m0/s1. The minimum Gasteiger partial charge on any atom is -0.495 e. The summed E-state index contributed by atoms with van der Waals surface area (Å²) in [6.07, 6.45) is 0.0151. The van der Waals surface area contributed by atoms with Gasteiger partial charge in [-0.15, -0.1) is 0 Å². The zero-order chi connectivity index (χ0) is 26.5. The van der Waals surface area contributed by atoms with Gasteiger partial charge in [-0.05, 0) is 47.9 Å². The fraction of sp³-hybridized carbons (Fsp3) is 0.167. The maximum atomic E-state index is 12.7. The molecule has 8 heteroatoms. The number of amides is 2. The Kier molecular flexibility index (Phi) is 7.21. The molecule has 1 heterocycles. The van der Waals surface area contributed by atoms with E-state index in [9.17, 15) is 14.4 Å². The molecule has 2 amide bonds. The molecule has 0 aliphatic carbocycles. The van der Waals surface area contributed by atoms with Crippen LogP contribution < -0.4 is 19.7 Å². The van der Waals surface area contributed by atoms with E-state index in [0.29, 0.717) is 22.9 Å². The number of hydrogen-bond acceptors (Lipinski definition) is 6. The first kappa shape index (κ1) is 24.8. The number of nitrogens with one attached hydrogen (secondary N) is 1. The molecule has 1 N–H and O–H groups in total. The number of esters is 1. The molecule has 1 atom stereocenters. The van der Waals surface area contributed by atoms with Crippen molar-refractivity contribution in [2.75, 3.05) is 30.5 Å². The van der Waals surface area contributed by atoms with E-state index in [1.54, 1.807) is 53.4 Å². The topological polar surface area (TPSA) is 94.2 Å². The van der Waals surface area contributed by atoms with Crippen LogP contribution in [0.4, 0.5) is 11.4 Å². The summed E-state index contributed by atoms with van der Waals surface area (Å²) in [5.41, 5.74) is 1.13. The molecule has 0 saturated carbocycles. The second kappa shape index (κ2) is 11.0. The maximum Gasteiger partial charge on any atom is 0.311 e. The highest BCUT2D eigenvalue weighted by atomic mass is 16.5.